The monoisotopic (exact) mass is 255 g/mol. The number of carboxylic acid groups (broad SMARTS) is 1. The molecule has 0 amide bonds. The SMILES string of the molecule is C=C(C)C(=O)O.C=CC(=O)OCCCCN=C=O. The quantitative estimate of drug-likeness (QED) is 0.244. The first kappa shape index (κ1) is 18.2. The average molecular weight is 255 g/mol. The minimum absolute atomic E-state index is 0.176. The third-order valence-corrected chi connectivity index (χ3v) is 1.50. The normalized spacial score (nSPS) is 8.06. The van der Waals surface area contributed by atoms with Gasteiger partial charge in [0.25, 0.3) is 0 Å². The van der Waals surface area contributed by atoms with Gasteiger partial charge in [0, 0.05) is 11.6 Å². The second kappa shape index (κ2) is 12.9. The molecule has 0 aromatic heterocycles. The van der Waals surface area contributed by atoms with Crippen LogP contribution in [0.3, 0.4) is 0 Å². The van der Waals surface area contributed by atoms with Gasteiger partial charge >= 0.3 is 11.9 Å². The van der Waals surface area contributed by atoms with Crippen LogP contribution in [0.15, 0.2) is 29.8 Å². The Balaban J connectivity index is 0. The Morgan fingerprint density at radius 2 is 2.00 bits per heavy atom. The van der Waals surface area contributed by atoms with Crippen LogP contribution in [0.25, 0.3) is 0 Å². The molecule has 0 bridgehead atoms. The van der Waals surface area contributed by atoms with Crippen molar-refractivity contribution >= 4 is 18.0 Å². The van der Waals surface area contributed by atoms with Crippen LogP contribution in [0.5, 0.6) is 0 Å². The number of carbonyl (C=O) groups excluding carboxylic acids is 2. The minimum Gasteiger partial charge on any atom is -0.478 e. The number of unbranched alkanes of at least 4 members (excludes halogenated alkanes) is 1. The maximum absolute atomic E-state index is 10.5. The van der Waals surface area contributed by atoms with Gasteiger partial charge in [-0.1, -0.05) is 13.2 Å². The number of hydrogen-bond acceptors (Lipinski definition) is 5. The van der Waals surface area contributed by atoms with E-state index in [0.29, 0.717) is 19.6 Å². The van der Waals surface area contributed by atoms with E-state index in [-0.39, 0.29) is 5.57 Å². The van der Waals surface area contributed by atoms with Crippen LogP contribution >= 0.6 is 0 Å². The summed E-state index contributed by atoms with van der Waals surface area (Å²) >= 11 is 0. The largest absolute Gasteiger partial charge is 0.478 e. The molecular weight excluding hydrogens is 238 g/mol. The van der Waals surface area contributed by atoms with E-state index in [0.717, 1.165) is 12.5 Å². The van der Waals surface area contributed by atoms with Gasteiger partial charge in [-0.2, -0.15) is 0 Å². The molecule has 0 atom stereocenters. The van der Waals surface area contributed by atoms with Crippen LogP contribution in [0, 0.1) is 0 Å². The van der Waals surface area contributed by atoms with E-state index < -0.39 is 11.9 Å². The molecule has 0 aliphatic carbocycles. The molecule has 100 valence electrons. The summed E-state index contributed by atoms with van der Waals surface area (Å²) in [5.74, 6) is -1.36. The zero-order valence-corrected chi connectivity index (χ0v) is 10.3. The summed E-state index contributed by atoms with van der Waals surface area (Å²) in [6.45, 7) is 8.63. The fraction of sp³-hybridized carbons (Fsp3) is 0.417. The molecule has 0 aliphatic rings. The zero-order chi connectivity index (χ0) is 14.4. The summed E-state index contributed by atoms with van der Waals surface area (Å²) in [7, 11) is 0. The Hall–Kier alpha value is -2.20. The molecule has 1 N–H and O–H groups in total. The molecule has 0 radical (unpaired) electrons. The Bertz CT molecular complexity index is 330. The topological polar surface area (TPSA) is 93.0 Å². The van der Waals surface area contributed by atoms with E-state index in [1.54, 1.807) is 0 Å². The summed E-state index contributed by atoms with van der Waals surface area (Å²) in [4.78, 5) is 33.0. The van der Waals surface area contributed by atoms with Crippen LogP contribution in [-0.4, -0.2) is 36.3 Å². The van der Waals surface area contributed by atoms with Crippen molar-refractivity contribution in [3.05, 3.63) is 24.8 Å². The first-order chi connectivity index (χ1) is 8.45. The van der Waals surface area contributed by atoms with Crippen molar-refractivity contribution in [2.45, 2.75) is 19.8 Å². The lowest BCUT2D eigenvalue weighted by Gasteiger charge is -1.98. The molecule has 0 fully saturated rings. The van der Waals surface area contributed by atoms with Gasteiger partial charge in [0.05, 0.1) is 13.2 Å². The van der Waals surface area contributed by atoms with Crippen molar-refractivity contribution in [1.29, 1.82) is 0 Å². The van der Waals surface area contributed by atoms with Crippen molar-refractivity contribution in [1.82, 2.24) is 0 Å². The molecule has 0 saturated heterocycles. The lowest BCUT2D eigenvalue weighted by molar-refractivity contribution is -0.138. The van der Waals surface area contributed by atoms with E-state index >= 15 is 0 Å². The Morgan fingerprint density at radius 3 is 2.39 bits per heavy atom. The minimum atomic E-state index is -0.935. The van der Waals surface area contributed by atoms with Crippen LogP contribution in [0.2, 0.25) is 0 Å². The number of aliphatic imine (C=N–C) groups is 1. The number of esters is 1. The number of hydrogen-bond donors (Lipinski definition) is 1. The maximum atomic E-state index is 10.5. The highest BCUT2D eigenvalue weighted by Crippen LogP contribution is 1.91. The second-order valence-electron chi connectivity index (χ2n) is 3.14. The number of rotatable bonds is 7. The van der Waals surface area contributed by atoms with Gasteiger partial charge in [-0.15, -0.1) is 0 Å². The first-order valence-electron chi connectivity index (χ1n) is 5.17. The van der Waals surface area contributed by atoms with Gasteiger partial charge in [0.2, 0.25) is 6.08 Å². The van der Waals surface area contributed by atoms with Crippen molar-refractivity contribution < 1.29 is 24.2 Å². The highest BCUT2D eigenvalue weighted by atomic mass is 16.5. The number of carboxylic acids is 1. The highest BCUT2D eigenvalue weighted by Gasteiger charge is 1.93. The fourth-order valence-electron chi connectivity index (χ4n) is 0.570. The Labute approximate surface area is 106 Å². The number of aliphatic carboxylic acids is 1. The zero-order valence-electron chi connectivity index (χ0n) is 10.3. The highest BCUT2D eigenvalue weighted by molar-refractivity contribution is 5.84. The summed E-state index contributed by atoms with van der Waals surface area (Å²) in [5, 5.41) is 7.89. The van der Waals surface area contributed by atoms with Gasteiger partial charge in [-0.3, -0.25) is 0 Å². The van der Waals surface area contributed by atoms with Gasteiger partial charge < -0.3 is 9.84 Å². The molecule has 0 aliphatic heterocycles. The van der Waals surface area contributed by atoms with Gasteiger partial charge in [-0.05, 0) is 19.8 Å². The van der Waals surface area contributed by atoms with Gasteiger partial charge in [0.1, 0.15) is 0 Å². The molecule has 6 nitrogen and oxygen atoms in total. The van der Waals surface area contributed by atoms with Crippen molar-refractivity contribution in [2.24, 2.45) is 4.99 Å². The van der Waals surface area contributed by atoms with Crippen LogP contribution in [-0.2, 0) is 19.1 Å². The molecule has 0 unspecified atom stereocenters. The molecule has 0 heterocycles. The molecular formula is C12H17NO5. The number of ether oxygens (including phenoxy) is 1. The molecule has 0 saturated carbocycles. The molecule has 0 rings (SSSR count). The molecule has 18 heavy (non-hydrogen) atoms. The van der Waals surface area contributed by atoms with E-state index in [1.807, 2.05) is 0 Å². The summed E-state index contributed by atoms with van der Waals surface area (Å²) in [6, 6.07) is 0. The molecule has 6 heteroatoms. The number of nitrogens with zero attached hydrogens (tertiary/aromatic N) is 1. The maximum Gasteiger partial charge on any atom is 0.330 e. The second-order valence-corrected chi connectivity index (χ2v) is 3.14. The van der Waals surface area contributed by atoms with Crippen LogP contribution < -0.4 is 0 Å². The number of carbonyl (C=O) groups is 2. The van der Waals surface area contributed by atoms with E-state index in [2.05, 4.69) is 22.9 Å². The lowest BCUT2D eigenvalue weighted by atomic mass is 10.3. The summed E-state index contributed by atoms with van der Waals surface area (Å²) in [5.41, 5.74) is 0.176. The van der Waals surface area contributed by atoms with Crippen molar-refractivity contribution in [2.75, 3.05) is 13.2 Å². The van der Waals surface area contributed by atoms with Crippen LogP contribution in [0.4, 0.5) is 0 Å². The van der Waals surface area contributed by atoms with E-state index in [1.165, 1.54) is 13.0 Å². The average Bonchev–Trinajstić information content (AvgIpc) is 2.33. The van der Waals surface area contributed by atoms with Crippen molar-refractivity contribution in [3.8, 4) is 0 Å². The Kier molecular flexibility index (Phi) is 13.0. The first-order valence-corrected chi connectivity index (χ1v) is 5.17. The van der Waals surface area contributed by atoms with Gasteiger partial charge in [0.15, 0.2) is 0 Å². The third kappa shape index (κ3) is 16.2. The predicted octanol–water partition coefficient (Wildman–Crippen LogP) is 1.48. The number of isocyanates is 1. The predicted molar refractivity (Wildman–Crippen MR) is 65.8 cm³/mol. The summed E-state index contributed by atoms with van der Waals surface area (Å²) < 4.78 is 4.67. The van der Waals surface area contributed by atoms with Crippen LogP contribution in [0.1, 0.15) is 19.8 Å². The molecule has 0 aromatic rings. The standard InChI is InChI=1S/C8H11NO3.C4H6O2/c1-2-8(11)12-6-4-3-5-9-7-10;1-3(2)4(5)6/h2H,1,3-6H2;1H2,2H3,(H,5,6). The molecule has 0 aromatic carbocycles. The van der Waals surface area contributed by atoms with E-state index in [4.69, 9.17) is 5.11 Å². The van der Waals surface area contributed by atoms with Gasteiger partial charge in [-0.25, -0.2) is 19.4 Å². The third-order valence-electron chi connectivity index (χ3n) is 1.50. The smallest absolute Gasteiger partial charge is 0.330 e. The van der Waals surface area contributed by atoms with Crippen molar-refractivity contribution in [3.63, 3.8) is 0 Å². The fourth-order valence-corrected chi connectivity index (χ4v) is 0.570. The Morgan fingerprint density at radius 1 is 1.44 bits per heavy atom. The van der Waals surface area contributed by atoms with E-state index in [9.17, 15) is 14.4 Å². The summed E-state index contributed by atoms with van der Waals surface area (Å²) in [6.07, 6.45) is 3.97. The lowest BCUT2D eigenvalue weighted by Crippen LogP contribution is -2.01. The molecule has 0 spiro atoms.